The van der Waals surface area contributed by atoms with Crippen molar-refractivity contribution < 1.29 is 4.79 Å². The highest BCUT2D eigenvalue weighted by molar-refractivity contribution is 7.18. The SMILES string of the molecule is O=C1NC2(CCN(Cc3ccccc3)CC2)Nc2cc(-c3ccncc3)sc21. The molecular weight excluding hydrogens is 368 g/mol. The van der Waals surface area contributed by atoms with E-state index in [-0.39, 0.29) is 11.6 Å². The van der Waals surface area contributed by atoms with Crippen molar-refractivity contribution >= 4 is 22.9 Å². The van der Waals surface area contributed by atoms with E-state index in [2.05, 4.69) is 56.9 Å². The van der Waals surface area contributed by atoms with Crippen LogP contribution in [-0.4, -0.2) is 34.5 Å². The molecule has 2 aliphatic rings. The van der Waals surface area contributed by atoms with E-state index >= 15 is 0 Å². The number of carbonyl (C=O) groups is 1. The van der Waals surface area contributed by atoms with Gasteiger partial charge >= 0.3 is 0 Å². The van der Waals surface area contributed by atoms with Gasteiger partial charge in [-0.1, -0.05) is 30.3 Å². The Labute approximate surface area is 168 Å². The summed E-state index contributed by atoms with van der Waals surface area (Å²) >= 11 is 1.53. The van der Waals surface area contributed by atoms with Gasteiger partial charge < -0.3 is 10.6 Å². The molecule has 0 aliphatic carbocycles. The molecule has 142 valence electrons. The molecule has 1 spiro atoms. The highest BCUT2D eigenvalue weighted by Gasteiger charge is 2.41. The second-order valence-corrected chi connectivity index (χ2v) is 8.56. The summed E-state index contributed by atoms with van der Waals surface area (Å²) < 4.78 is 0. The number of hydrogen-bond donors (Lipinski definition) is 2. The summed E-state index contributed by atoms with van der Waals surface area (Å²) in [5.74, 6) is 0.0376. The average molecular weight is 391 g/mol. The highest BCUT2D eigenvalue weighted by Crippen LogP contribution is 2.40. The molecule has 0 unspecified atom stereocenters. The molecule has 0 radical (unpaired) electrons. The van der Waals surface area contributed by atoms with Crippen molar-refractivity contribution in [2.45, 2.75) is 25.0 Å². The molecule has 2 aliphatic heterocycles. The topological polar surface area (TPSA) is 57.3 Å². The summed E-state index contributed by atoms with van der Waals surface area (Å²) in [5, 5.41) is 6.91. The molecule has 1 fully saturated rings. The van der Waals surface area contributed by atoms with Gasteiger partial charge in [-0.2, -0.15) is 0 Å². The molecule has 4 heterocycles. The van der Waals surface area contributed by atoms with E-state index < -0.39 is 0 Å². The maximum atomic E-state index is 12.8. The largest absolute Gasteiger partial charge is 0.361 e. The van der Waals surface area contributed by atoms with Crippen LogP contribution in [0.4, 0.5) is 5.69 Å². The minimum Gasteiger partial charge on any atom is -0.361 e. The number of hydrogen-bond acceptors (Lipinski definition) is 5. The lowest BCUT2D eigenvalue weighted by atomic mass is 9.93. The number of piperidine rings is 1. The van der Waals surface area contributed by atoms with E-state index in [1.807, 2.05) is 12.1 Å². The van der Waals surface area contributed by atoms with E-state index in [9.17, 15) is 4.79 Å². The summed E-state index contributed by atoms with van der Waals surface area (Å²) in [4.78, 5) is 21.2. The fourth-order valence-electron chi connectivity index (χ4n) is 4.06. The Morgan fingerprint density at radius 2 is 1.79 bits per heavy atom. The van der Waals surface area contributed by atoms with Crippen molar-refractivity contribution in [2.24, 2.45) is 0 Å². The van der Waals surface area contributed by atoms with Crippen molar-refractivity contribution in [3.05, 3.63) is 71.4 Å². The first-order valence-electron chi connectivity index (χ1n) is 9.62. The zero-order chi connectivity index (χ0) is 19.0. The Bertz CT molecular complexity index is 978. The van der Waals surface area contributed by atoms with E-state index in [1.54, 1.807) is 12.4 Å². The number of rotatable bonds is 3. The number of likely N-dealkylation sites (tertiary alicyclic amines) is 1. The Hall–Kier alpha value is -2.70. The third kappa shape index (κ3) is 3.30. The number of thiophene rings is 1. The fraction of sp³-hybridized carbons (Fsp3) is 0.273. The molecule has 6 heteroatoms. The maximum Gasteiger partial charge on any atom is 0.265 e. The van der Waals surface area contributed by atoms with Crippen LogP contribution in [0.25, 0.3) is 10.4 Å². The average Bonchev–Trinajstić information content (AvgIpc) is 3.16. The van der Waals surface area contributed by atoms with Gasteiger partial charge in [0, 0.05) is 49.7 Å². The predicted octanol–water partition coefficient (Wildman–Crippen LogP) is 3.96. The van der Waals surface area contributed by atoms with Crippen molar-refractivity contribution in [3.8, 4) is 10.4 Å². The highest BCUT2D eigenvalue weighted by atomic mass is 32.1. The summed E-state index contributed by atoms with van der Waals surface area (Å²) in [5.41, 5.74) is 3.04. The van der Waals surface area contributed by atoms with Crippen LogP contribution in [0, 0.1) is 0 Å². The van der Waals surface area contributed by atoms with Gasteiger partial charge in [-0.3, -0.25) is 14.7 Å². The minimum absolute atomic E-state index is 0.0376. The molecule has 3 aromatic rings. The number of amides is 1. The second-order valence-electron chi connectivity index (χ2n) is 7.51. The third-order valence-corrected chi connectivity index (χ3v) is 6.77. The molecular formula is C22H22N4OS. The molecule has 0 bridgehead atoms. The van der Waals surface area contributed by atoms with Crippen LogP contribution in [0.2, 0.25) is 0 Å². The van der Waals surface area contributed by atoms with Crippen LogP contribution in [0.1, 0.15) is 28.1 Å². The third-order valence-electron chi connectivity index (χ3n) is 5.59. The summed E-state index contributed by atoms with van der Waals surface area (Å²) in [6.07, 6.45) is 5.36. The molecule has 1 amide bonds. The normalized spacial score (nSPS) is 18.4. The predicted molar refractivity (Wildman–Crippen MR) is 112 cm³/mol. The van der Waals surface area contributed by atoms with Crippen molar-refractivity contribution in [1.82, 2.24) is 15.2 Å². The number of nitrogens with one attached hydrogen (secondary N) is 2. The van der Waals surface area contributed by atoms with Gasteiger partial charge in [-0.05, 0) is 29.3 Å². The van der Waals surface area contributed by atoms with Crippen LogP contribution in [-0.2, 0) is 6.54 Å². The van der Waals surface area contributed by atoms with Gasteiger partial charge in [0.2, 0.25) is 0 Å². The van der Waals surface area contributed by atoms with Crippen molar-refractivity contribution in [3.63, 3.8) is 0 Å². The van der Waals surface area contributed by atoms with Gasteiger partial charge in [-0.25, -0.2) is 0 Å². The number of aromatic nitrogens is 1. The van der Waals surface area contributed by atoms with Gasteiger partial charge in [-0.15, -0.1) is 11.3 Å². The Kier molecular flexibility index (Phi) is 4.37. The quantitative estimate of drug-likeness (QED) is 0.711. The summed E-state index contributed by atoms with van der Waals surface area (Å²) in [6.45, 7) is 2.87. The van der Waals surface area contributed by atoms with Gasteiger partial charge in [0.15, 0.2) is 0 Å². The van der Waals surface area contributed by atoms with E-state index in [1.165, 1.54) is 16.9 Å². The summed E-state index contributed by atoms with van der Waals surface area (Å²) in [7, 11) is 0. The standard InChI is InChI=1S/C22H22N4OS/c27-21-20-18(14-19(28-20)17-6-10-23-11-7-17)24-22(25-21)8-12-26(13-9-22)15-16-4-2-1-3-5-16/h1-7,10-11,14,24H,8-9,12-13,15H2,(H,25,27). The Balaban J connectivity index is 1.31. The molecule has 0 atom stereocenters. The van der Waals surface area contributed by atoms with Gasteiger partial charge in [0.1, 0.15) is 10.5 Å². The van der Waals surface area contributed by atoms with Crippen LogP contribution >= 0.6 is 11.3 Å². The lowest BCUT2D eigenvalue weighted by molar-refractivity contribution is 0.0827. The first-order valence-corrected chi connectivity index (χ1v) is 10.4. The fourth-order valence-corrected chi connectivity index (χ4v) is 5.07. The first kappa shape index (κ1) is 17.4. The van der Waals surface area contributed by atoms with Crippen LogP contribution in [0.5, 0.6) is 0 Å². The molecule has 2 aromatic heterocycles. The summed E-state index contributed by atoms with van der Waals surface area (Å²) in [6, 6.07) is 16.6. The number of anilines is 1. The molecule has 5 nitrogen and oxygen atoms in total. The van der Waals surface area contributed by atoms with Gasteiger partial charge in [0.25, 0.3) is 5.91 Å². The van der Waals surface area contributed by atoms with Crippen LogP contribution < -0.4 is 10.6 Å². The molecule has 1 aromatic carbocycles. The lowest BCUT2D eigenvalue weighted by Crippen LogP contribution is -2.61. The number of benzene rings is 1. The van der Waals surface area contributed by atoms with E-state index in [4.69, 9.17) is 0 Å². The number of carbonyl (C=O) groups excluding carboxylic acids is 1. The first-order chi connectivity index (χ1) is 13.7. The number of nitrogens with zero attached hydrogens (tertiary/aromatic N) is 2. The van der Waals surface area contributed by atoms with Crippen LogP contribution in [0.15, 0.2) is 60.9 Å². The van der Waals surface area contributed by atoms with E-state index in [0.717, 1.165) is 53.5 Å². The molecule has 5 rings (SSSR count). The van der Waals surface area contributed by atoms with E-state index in [0.29, 0.717) is 0 Å². The van der Waals surface area contributed by atoms with Gasteiger partial charge in [0.05, 0.1) is 5.69 Å². The zero-order valence-corrected chi connectivity index (χ0v) is 16.3. The second kappa shape index (κ2) is 7.04. The Morgan fingerprint density at radius 1 is 1.04 bits per heavy atom. The molecule has 28 heavy (non-hydrogen) atoms. The van der Waals surface area contributed by atoms with Crippen molar-refractivity contribution in [2.75, 3.05) is 18.4 Å². The smallest absolute Gasteiger partial charge is 0.265 e. The Morgan fingerprint density at radius 3 is 2.54 bits per heavy atom. The molecule has 1 saturated heterocycles. The zero-order valence-electron chi connectivity index (χ0n) is 15.5. The monoisotopic (exact) mass is 390 g/mol. The number of pyridine rings is 1. The molecule has 2 N–H and O–H groups in total. The lowest BCUT2D eigenvalue weighted by Gasteiger charge is -2.45. The van der Waals surface area contributed by atoms with Crippen LogP contribution in [0.3, 0.4) is 0 Å². The minimum atomic E-state index is -0.339. The van der Waals surface area contributed by atoms with Crippen molar-refractivity contribution in [1.29, 1.82) is 0 Å². The molecule has 0 saturated carbocycles. The number of fused-ring (bicyclic) bond motifs is 1. The maximum absolute atomic E-state index is 12.8.